The lowest BCUT2D eigenvalue weighted by molar-refractivity contribution is 0.192. The first-order valence-corrected chi connectivity index (χ1v) is 8.44. The van der Waals surface area contributed by atoms with Crippen molar-refractivity contribution in [3.8, 4) is 5.75 Å². The Bertz CT molecular complexity index is 398. The Kier molecular flexibility index (Phi) is 6.52. The molecule has 1 N–H and O–H groups in total. The van der Waals surface area contributed by atoms with Crippen molar-refractivity contribution in [3.63, 3.8) is 0 Å². The fourth-order valence-electron chi connectivity index (χ4n) is 3.15. The molecular weight excluding hydrogens is 260 g/mol. The van der Waals surface area contributed by atoms with Gasteiger partial charge in [0.2, 0.25) is 0 Å². The molecule has 21 heavy (non-hydrogen) atoms. The van der Waals surface area contributed by atoms with Crippen molar-refractivity contribution < 1.29 is 4.74 Å². The van der Waals surface area contributed by atoms with Crippen LogP contribution < -0.4 is 10.1 Å². The Morgan fingerprint density at radius 2 is 2.05 bits per heavy atom. The van der Waals surface area contributed by atoms with Crippen LogP contribution in [0, 0.1) is 0 Å². The van der Waals surface area contributed by atoms with Gasteiger partial charge in [0.05, 0.1) is 6.61 Å². The number of benzene rings is 1. The van der Waals surface area contributed by atoms with Crippen LogP contribution in [-0.4, -0.2) is 37.2 Å². The summed E-state index contributed by atoms with van der Waals surface area (Å²) in [6, 6.07) is 9.73. The summed E-state index contributed by atoms with van der Waals surface area (Å²) in [7, 11) is 0. The minimum Gasteiger partial charge on any atom is -0.494 e. The maximum absolute atomic E-state index is 5.53. The molecule has 2 atom stereocenters. The van der Waals surface area contributed by atoms with E-state index in [-0.39, 0.29) is 0 Å². The molecule has 1 heterocycles. The maximum Gasteiger partial charge on any atom is 0.119 e. The van der Waals surface area contributed by atoms with Gasteiger partial charge < -0.3 is 10.1 Å². The third-order valence-electron chi connectivity index (χ3n) is 4.35. The van der Waals surface area contributed by atoms with Crippen LogP contribution in [0.1, 0.15) is 51.6 Å². The topological polar surface area (TPSA) is 24.5 Å². The molecule has 3 nitrogen and oxygen atoms in total. The van der Waals surface area contributed by atoms with Crippen LogP contribution >= 0.6 is 0 Å². The predicted octanol–water partition coefficient (Wildman–Crippen LogP) is 3.61. The first-order valence-electron chi connectivity index (χ1n) is 8.44. The summed E-state index contributed by atoms with van der Waals surface area (Å²) in [5, 5.41) is 3.62. The lowest BCUT2D eigenvalue weighted by Gasteiger charge is -2.31. The fourth-order valence-corrected chi connectivity index (χ4v) is 3.15. The highest BCUT2D eigenvalue weighted by molar-refractivity contribution is 5.29. The molecule has 0 amide bonds. The summed E-state index contributed by atoms with van der Waals surface area (Å²) in [5.41, 5.74) is 1.38. The Labute approximate surface area is 129 Å². The molecule has 0 saturated carbocycles. The normalized spacial score (nSPS) is 19.9. The van der Waals surface area contributed by atoms with E-state index in [0.717, 1.165) is 25.4 Å². The summed E-state index contributed by atoms with van der Waals surface area (Å²) in [6.45, 7) is 10.8. The molecule has 118 valence electrons. The maximum atomic E-state index is 5.53. The molecule has 1 aliphatic rings. The zero-order valence-corrected chi connectivity index (χ0v) is 13.8. The molecule has 0 aromatic heterocycles. The highest BCUT2D eigenvalue weighted by Gasteiger charge is 2.21. The SMILES string of the molecule is CCCN(CC1CCCN1)C(C)c1ccc(OCC)cc1. The monoisotopic (exact) mass is 290 g/mol. The van der Waals surface area contributed by atoms with Crippen molar-refractivity contribution in [2.45, 2.75) is 52.1 Å². The van der Waals surface area contributed by atoms with Crippen LogP contribution in [0.4, 0.5) is 0 Å². The standard InChI is InChI=1S/C18H30N2O/c1-4-13-20(14-17-7-6-12-19-17)15(3)16-8-10-18(11-9-16)21-5-2/h8-11,15,17,19H,4-7,12-14H2,1-3H3. The molecule has 0 radical (unpaired) electrons. The summed E-state index contributed by atoms with van der Waals surface area (Å²) in [4.78, 5) is 2.61. The summed E-state index contributed by atoms with van der Waals surface area (Å²) >= 11 is 0. The van der Waals surface area contributed by atoms with Gasteiger partial charge >= 0.3 is 0 Å². The van der Waals surface area contributed by atoms with Gasteiger partial charge in [0, 0.05) is 18.6 Å². The van der Waals surface area contributed by atoms with Gasteiger partial charge in [0.25, 0.3) is 0 Å². The largest absolute Gasteiger partial charge is 0.494 e. The van der Waals surface area contributed by atoms with Gasteiger partial charge in [-0.3, -0.25) is 4.90 Å². The number of hydrogen-bond donors (Lipinski definition) is 1. The molecule has 2 unspecified atom stereocenters. The van der Waals surface area contributed by atoms with Gasteiger partial charge in [-0.2, -0.15) is 0 Å². The molecule has 0 aliphatic carbocycles. The molecular formula is C18H30N2O. The number of ether oxygens (including phenoxy) is 1. The van der Waals surface area contributed by atoms with Crippen LogP contribution in [0.2, 0.25) is 0 Å². The Hall–Kier alpha value is -1.06. The summed E-state index contributed by atoms with van der Waals surface area (Å²) in [5.74, 6) is 0.966. The van der Waals surface area contributed by atoms with Crippen LogP contribution in [-0.2, 0) is 0 Å². The zero-order chi connectivity index (χ0) is 15.1. The predicted molar refractivity (Wildman–Crippen MR) is 88.9 cm³/mol. The third-order valence-corrected chi connectivity index (χ3v) is 4.35. The van der Waals surface area contributed by atoms with Crippen LogP contribution in [0.3, 0.4) is 0 Å². The van der Waals surface area contributed by atoms with E-state index < -0.39 is 0 Å². The fraction of sp³-hybridized carbons (Fsp3) is 0.667. The smallest absolute Gasteiger partial charge is 0.119 e. The second-order valence-electron chi connectivity index (χ2n) is 5.97. The van der Waals surface area contributed by atoms with Gasteiger partial charge in [-0.1, -0.05) is 19.1 Å². The molecule has 0 bridgehead atoms. The molecule has 3 heteroatoms. The van der Waals surface area contributed by atoms with E-state index in [2.05, 4.69) is 48.3 Å². The lowest BCUT2D eigenvalue weighted by Crippen LogP contribution is -2.39. The average Bonchev–Trinajstić information content (AvgIpc) is 3.00. The number of rotatable bonds is 8. The van der Waals surface area contributed by atoms with Crippen molar-refractivity contribution in [1.29, 1.82) is 0 Å². The zero-order valence-electron chi connectivity index (χ0n) is 13.8. The quantitative estimate of drug-likeness (QED) is 0.791. The van der Waals surface area contributed by atoms with Crippen LogP contribution in [0.5, 0.6) is 5.75 Å². The molecule has 1 aromatic rings. The minimum absolute atomic E-state index is 0.461. The van der Waals surface area contributed by atoms with Crippen LogP contribution in [0.25, 0.3) is 0 Å². The number of hydrogen-bond acceptors (Lipinski definition) is 3. The first kappa shape index (κ1) is 16.3. The molecule has 2 rings (SSSR count). The molecule has 1 fully saturated rings. The first-order chi connectivity index (χ1) is 10.2. The Morgan fingerprint density at radius 1 is 1.29 bits per heavy atom. The van der Waals surface area contributed by atoms with Crippen molar-refractivity contribution in [2.24, 2.45) is 0 Å². The summed E-state index contributed by atoms with van der Waals surface area (Å²) < 4.78 is 5.53. The molecule has 0 spiro atoms. The van der Waals surface area contributed by atoms with E-state index in [1.807, 2.05) is 6.92 Å². The van der Waals surface area contributed by atoms with E-state index in [1.165, 1.54) is 31.4 Å². The van der Waals surface area contributed by atoms with Gasteiger partial charge in [0.1, 0.15) is 5.75 Å². The van der Waals surface area contributed by atoms with Gasteiger partial charge in [0.15, 0.2) is 0 Å². The van der Waals surface area contributed by atoms with Crippen molar-refractivity contribution in [3.05, 3.63) is 29.8 Å². The highest BCUT2D eigenvalue weighted by Crippen LogP contribution is 2.24. The second-order valence-corrected chi connectivity index (χ2v) is 5.97. The van der Waals surface area contributed by atoms with E-state index in [1.54, 1.807) is 0 Å². The Balaban J connectivity index is 2.00. The van der Waals surface area contributed by atoms with Gasteiger partial charge in [-0.05, 0) is 63.9 Å². The second kappa shape index (κ2) is 8.40. The van der Waals surface area contributed by atoms with Crippen molar-refractivity contribution >= 4 is 0 Å². The van der Waals surface area contributed by atoms with E-state index in [9.17, 15) is 0 Å². The third kappa shape index (κ3) is 4.72. The van der Waals surface area contributed by atoms with Crippen molar-refractivity contribution in [1.82, 2.24) is 10.2 Å². The minimum atomic E-state index is 0.461. The van der Waals surface area contributed by atoms with Gasteiger partial charge in [-0.25, -0.2) is 0 Å². The number of nitrogens with zero attached hydrogens (tertiary/aromatic N) is 1. The highest BCUT2D eigenvalue weighted by atomic mass is 16.5. The Morgan fingerprint density at radius 3 is 2.62 bits per heavy atom. The average molecular weight is 290 g/mol. The lowest BCUT2D eigenvalue weighted by atomic mass is 10.1. The molecule has 1 aliphatic heterocycles. The molecule has 1 aromatic carbocycles. The molecule has 1 saturated heterocycles. The van der Waals surface area contributed by atoms with E-state index in [4.69, 9.17) is 4.74 Å². The van der Waals surface area contributed by atoms with E-state index >= 15 is 0 Å². The van der Waals surface area contributed by atoms with Crippen molar-refractivity contribution in [2.75, 3.05) is 26.2 Å². The summed E-state index contributed by atoms with van der Waals surface area (Å²) in [6.07, 6.45) is 3.84. The van der Waals surface area contributed by atoms with E-state index in [0.29, 0.717) is 12.1 Å². The van der Waals surface area contributed by atoms with Gasteiger partial charge in [-0.15, -0.1) is 0 Å². The number of nitrogens with one attached hydrogen (secondary N) is 1. The van der Waals surface area contributed by atoms with Crippen LogP contribution in [0.15, 0.2) is 24.3 Å².